The van der Waals surface area contributed by atoms with Crippen LogP contribution in [0.15, 0.2) is 30.3 Å². The summed E-state index contributed by atoms with van der Waals surface area (Å²) in [6.07, 6.45) is 3.54. The molecule has 0 bridgehead atoms. The van der Waals surface area contributed by atoms with Gasteiger partial charge < -0.3 is 9.47 Å². The number of hydrogen-bond acceptors (Lipinski definition) is 3. The lowest BCUT2D eigenvalue weighted by Crippen LogP contribution is -2.43. The normalized spacial score (nSPS) is 18.2. The van der Waals surface area contributed by atoms with Crippen LogP contribution in [0.4, 0.5) is 0 Å². The SMILES string of the molecule is CCC(C)CC(CC)(CC(C)C)C(OC)OC(=O)C(C)C(C)c1ccccc1. The third-order valence-electron chi connectivity index (χ3n) is 6.36. The second-order valence-electron chi connectivity index (χ2n) is 9.02. The molecule has 0 aliphatic heterocycles. The molecule has 1 aromatic rings. The van der Waals surface area contributed by atoms with Crippen LogP contribution in [0, 0.1) is 23.2 Å². The fraction of sp³-hybridized carbons (Fsp3) is 0.720. The lowest BCUT2D eigenvalue weighted by atomic mass is 9.71. The molecule has 0 aromatic heterocycles. The molecule has 0 heterocycles. The maximum absolute atomic E-state index is 13.0. The standard InChI is InChI=1S/C25H42O3/c1-9-19(5)17-25(10-2,16-18(3)4)24(27-8)28-23(26)21(7)20(6)22-14-12-11-13-15-22/h11-15,18-21,24H,9-10,16-17H2,1-8H3. The number of hydrogen-bond donors (Lipinski definition) is 0. The third kappa shape index (κ3) is 6.62. The van der Waals surface area contributed by atoms with Gasteiger partial charge in [0.1, 0.15) is 0 Å². The number of carbonyl (C=O) groups is 1. The summed E-state index contributed by atoms with van der Waals surface area (Å²) < 4.78 is 11.9. The Hall–Kier alpha value is -1.35. The topological polar surface area (TPSA) is 35.5 Å². The van der Waals surface area contributed by atoms with Crippen LogP contribution in [0.5, 0.6) is 0 Å². The lowest BCUT2D eigenvalue weighted by Gasteiger charge is -2.42. The summed E-state index contributed by atoms with van der Waals surface area (Å²) in [6, 6.07) is 10.2. The molecule has 160 valence electrons. The molecule has 0 aliphatic carbocycles. The van der Waals surface area contributed by atoms with Crippen LogP contribution < -0.4 is 0 Å². The quantitative estimate of drug-likeness (QED) is 0.290. The zero-order chi connectivity index (χ0) is 21.3. The average Bonchev–Trinajstić information content (AvgIpc) is 2.70. The van der Waals surface area contributed by atoms with E-state index in [-0.39, 0.29) is 23.2 Å². The molecule has 0 amide bonds. The van der Waals surface area contributed by atoms with Gasteiger partial charge in [-0.2, -0.15) is 0 Å². The van der Waals surface area contributed by atoms with Crippen LogP contribution in [0.1, 0.15) is 85.6 Å². The fourth-order valence-electron chi connectivity index (χ4n) is 4.27. The van der Waals surface area contributed by atoms with Crippen LogP contribution in [0.25, 0.3) is 0 Å². The fourth-order valence-corrected chi connectivity index (χ4v) is 4.27. The summed E-state index contributed by atoms with van der Waals surface area (Å²) in [5, 5.41) is 0. The molecule has 28 heavy (non-hydrogen) atoms. The summed E-state index contributed by atoms with van der Waals surface area (Å²) in [7, 11) is 1.67. The van der Waals surface area contributed by atoms with E-state index >= 15 is 0 Å². The van der Waals surface area contributed by atoms with Crippen molar-refractivity contribution >= 4 is 5.97 Å². The van der Waals surface area contributed by atoms with E-state index in [2.05, 4.69) is 53.7 Å². The van der Waals surface area contributed by atoms with Gasteiger partial charge in [0, 0.05) is 12.5 Å². The average molecular weight is 391 g/mol. The number of rotatable bonds is 12. The van der Waals surface area contributed by atoms with Crippen LogP contribution in [0.3, 0.4) is 0 Å². The minimum Gasteiger partial charge on any atom is -0.435 e. The minimum absolute atomic E-state index is 0.0990. The maximum Gasteiger partial charge on any atom is 0.311 e. The Kier molecular flexibility index (Phi) is 10.2. The third-order valence-corrected chi connectivity index (χ3v) is 6.36. The molecular weight excluding hydrogens is 348 g/mol. The van der Waals surface area contributed by atoms with E-state index in [0.29, 0.717) is 11.8 Å². The van der Waals surface area contributed by atoms with Gasteiger partial charge in [-0.3, -0.25) is 4.79 Å². The van der Waals surface area contributed by atoms with E-state index in [1.165, 1.54) is 0 Å². The number of ether oxygens (including phenoxy) is 2. The Balaban J connectivity index is 3.01. The van der Waals surface area contributed by atoms with Gasteiger partial charge in [-0.1, -0.05) is 85.2 Å². The molecule has 0 N–H and O–H groups in total. The molecule has 0 fully saturated rings. The molecule has 5 atom stereocenters. The first-order valence-corrected chi connectivity index (χ1v) is 11.0. The van der Waals surface area contributed by atoms with Crippen molar-refractivity contribution in [2.45, 2.75) is 86.4 Å². The summed E-state index contributed by atoms with van der Waals surface area (Å²) in [4.78, 5) is 13.0. The largest absolute Gasteiger partial charge is 0.435 e. The number of carbonyl (C=O) groups excluding carboxylic acids is 1. The second-order valence-corrected chi connectivity index (χ2v) is 9.02. The van der Waals surface area contributed by atoms with E-state index in [1.807, 2.05) is 25.1 Å². The molecule has 0 saturated carbocycles. The maximum atomic E-state index is 13.0. The molecule has 1 rings (SSSR count). The van der Waals surface area contributed by atoms with E-state index in [4.69, 9.17) is 9.47 Å². The zero-order valence-electron chi connectivity index (χ0n) is 19.3. The second kappa shape index (κ2) is 11.6. The molecule has 0 aliphatic rings. The van der Waals surface area contributed by atoms with Gasteiger partial charge in [0.25, 0.3) is 0 Å². The molecule has 1 aromatic carbocycles. The summed E-state index contributed by atoms with van der Waals surface area (Å²) in [6.45, 7) is 15.2. The monoisotopic (exact) mass is 390 g/mol. The van der Waals surface area contributed by atoms with Crippen molar-refractivity contribution in [3.8, 4) is 0 Å². The molecule has 3 nitrogen and oxygen atoms in total. The Morgan fingerprint density at radius 2 is 1.61 bits per heavy atom. The Morgan fingerprint density at radius 3 is 2.07 bits per heavy atom. The van der Waals surface area contributed by atoms with E-state index in [1.54, 1.807) is 7.11 Å². The first-order chi connectivity index (χ1) is 13.2. The predicted octanol–water partition coefficient (Wildman–Crippen LogP) is 6.82. The van der Waals surface area contributed by atoms with Gasteiger partial charge in [-0.05, 0) is 42.6 Å². The molecule has 5 unspecified atom stereocenters. The van der Waals surface area contributed by atoms with Crippen molar-refractivity contribution in [1.82, 2.24) is 0 Å². The molecule has 3 heteroatoms. The predicted molar refractivity (Wildman–Crippen MR) is 117 cm³/mol. The first kappa shape index (κ1) is 24.7. The highest BCUT2D eigenvalue weighted by atomic mass is 16.7. The highest BCUT2D eigenvalue weighted by Gasteiger charge is 2.42. The number of benzene rings is 1. The van der Waals surface area contributed by atoms with Gasteiger partial charge in [-0.15, -0.1) is 0 Å². The van der Waals surface area contributed by atoms with Gasteiger partial charge in [-0.25, -0.2) is 0 Å². The van der Waals surface area contributed by atoms with E-state index in [9.17, 15) is 4.79 Å². The summed E-state index contributed by atoms with van der Waals surface area (Å²) >= 11 is 0. The van der Waals surface area contributed by atoms with Crippen molar-refractivity contribution in [1.29, 1.82) is 0 Å². The van der Waals surface area contributed by atoms with Gasteiger partial charge in [0.2, 0.25) is 6.29 Å². The van der Waals surface area contributed by atoms with Crippen molar-refractivity contribution in [3.05, 3.63) is 35.9 Å². The van der Waals surface area contributed by atoms with Crippen LogP contribution in [-0.4, -0.2) is 19.4 Å². The summed E-state index contributed by atoms with van der Waals surface area (Å²) in [5.74, 6) is 0.782. The lowest BCUT2D eigenvalue weighted by molar-refractivity contribution is -0.214. The van der Waals surface area contributed by atoms with Crippen molar-refractivity contribution in [2.24, 2.45) is 23.2 Å². The van der Waals surface area contributed by atoms with Crippen molar-refractivity contribution < 1.29 is 14.3 Å². The molecule has 0 saturated heterocycles. The van der Waals surface area contributed by atoms with Gasteiger partial charge >= 0.3 is 5.97 Å². The van der Waals surface area contributed by atoms with Gasteiger partial charge in [0.15, 0.2) is 0 Å². The minimum atomic E-state index is -0.508. The zero-order valence-corrected chi connectivity index (χ0v) is 19.3. The van der Waals surface area contributed by atoms with Crippen molar-refractivity contribution in [3.63, 3.8) is 0 Å². The van der Waals surface area contributed by atoms with Crippen LogP contribution in [0.2, 0.25) is 0 Å². The van der Waals surface area contributed by atoms with E-state index in [0.717, 1.165) is 31.2 Å². The number of methoxy groups -OCH3 is 1. The molecular formula is C25H42O3. The molecule has 0 spiro atoms. The van der Waals surface area contributed by atoms with Crippen LogP contribution >= 0.6 is 0 Å². The Labute approximate surface area is 173 Å². The Morgan fingerprint density at radius 1 is 1.00 bits per heavy atom. The van der Waals surface area contributed by atoms with Crippen molar-refractivity contribution in [2.75, 3.05) is 7.11 Å². The molecule has 0 radical (unpaired) electrons. The summed E-state index contributed by atoms with van der Waals surface area (Å²) in [5.41, 5.74) is 1.01. The smallest absolute Gasteiger partial charge is 0.311 e. The van der Waals surface area contributed by atoms with Crippen LogP contribution in [-0.2, 0) is 14.3 Å². The first-order valence-electron chi connectivity index (χ1n) is 11.0. The highest BCUT2D eigenvalue weighted by molar-refractivity contribution is 5.73. The van der Waals surface area contributed by atoms with Gasteiger partial charge in [0.05, 0.1) is 5.92 Å². The highest BCUT2D eigenvalue weighted by Crippen LogP contribution is 2.43. The Bertz CT molecular complexity index is 568. The van der Waals surface area contributed by atoms with E-state index < -0.39 is 6.29 Å². The number of esters is 1.